The summed E-state index contributed by atoms with van der Waals surface area (Å²) < 4.78 is 25.9. The van der Waals surface area contributed by atoms with Gasteiger partial charge in [-0.15, -0.1) is 0 Å². The van der Waals surface area contributed by atoms with E-state index in [1.165, 1.54) is 12.7 Å². The Hall–Kier alpha value is -2.58. The first kappa shape index (κ1) is 22.1. The summed E-state index contributed by atoms with van der Waals surface area (Å²) in [6.07, 6.45) is 1.05. The van der Waals surface area contributed by atoms with Gasteiger partial charge in [-0.25, -0.2) is 18.1 Å². The van der Waals surface area contributed by atoms with Crippen molar-refractivity contribution in [1.82, 2.24) is 15.4 Å². The molecule has 0 aromatic heterocycles. The van der Waals surface area contributed by atoms with E-state index in [2.05, 4.69) is 44.5 Å². The van der Waals surface area contributed by atoms with Crippen molar-refractivity contribution < 1.29 is 8.42 Å². The summed E-state index contributed by atoms with van der Waals surface area (Å²) in [5.41, 5.74) is 2.98. The number of guanidine groups is 1. The van der Waals surface area contributed by atoms with Crippen molar-refractivity contribution in [2.24, 2.45) is 4.99 Å². The van der Waals surface area contributed by atoms with E-state index in [4.69, 9.17) is 4.99 Å². The average molecular weight is 430 g/mol. The van der Waals surface area contributed by atoms with E-state index < -0.39 is 10.0 Å². The highest BCUT2D eigenvalue weighted by Gasteiger charge is 2.23. The van der Waals surface area contributed by atoms with Gasteiger partial charge in [0.25, 0.3) is 0 Å². The van der Waals surface area contributed by atoms with Crippen molar-refractivity contribution >= 4 is 21.7 Å². The van der Waals surface area contributed by atoms with Gasteiger partial charge in [0.15, 0.2) is 5.96 Å². The summed E-state index contributed by atoms with van der Waals surface area (Å²) in [6, 6.07) is 18.3. The summed E-state index contributed by atoms with van der Waals surface area (Å²) >= 11 is 0. The molecule has 1 atom stereocenters. The lowest BCUT2D eigenvalue weighted by Gasteiger charge is -2.20. The molecule has 1 saturated heterocycles. The van der Waals surface area contributed by atoms with E-state index in [0.29, 0.717) is 12.6 Å². The third-order valence-corrected chi connectivity index (χ3v) is 6.41. The number of nitrogens with zero attached hydrogens (tertiary/aromatic N) is 2. The maximum Gasteiger partial charge on any atom is 0.215 e. The van der Waals surface area contributed by atoms with Crippen LogP contribution in [0, 0.1) is 0 Å². The Labute approximate surface area is 179 Å². The molecular weight excluding hydrogens is 398 g/mol. The molecule has 0 saturated carbocycles. The van der Waals surface area contributed by atoms with Crippen molar-refractivity contribution in [3.05, 3.63) is 65.7 Å². The van der Waals surface area contributed by atoms with Crippen LogP contribution in [0.3, 0.4) is 0 Å². The number of aliphatic imine (C=N–C) groups is 1. The smallest absolute Gasteiger partial charge is 0.215 e. The molecule has 1 heterocycles. The van der Waals surface area contributed by atoms with E-state index in [1.54, 1.807) is 0 Å². The molecule has 162 valence electrons. The number of hydrogen-bond donors (Lipinski definition) is 3. The summed E-state index contributed by atoms with van der Waals surface area (Å²) in [7, 11) is -1.86. The molecule has 1 aliphatic rings. The Bertz CT molecular complexity index is 947. The number of sulfonamides is 1. The lowest BCUT2D eigenvalue weighted by molar-refractivity contribution is 0.587. The fourth-order valence-electron chi connectivity index (χ4n) is 3.54. The van der Waals surface area contributed by atoms with Gasteiger partial charge in [0.05, 0.1) is 12.3 Å². The fourth-order valence-corrected chi connectivity index (χ4v) is 4.31. The predicted molar refractivity (Wildman–Crippen MR) is 123 cm³/mol. The van der Waals surface area contributed by atoms with E-state index in [-0.39, 0.29) is 5.75 Å². The molecule has 2 aromatic rings. The molecule has 3 rings (SSSR count). The predicted octanol–water partition coefficient (Wildman–Crippen LogP) is 2.07. The molecule has 8 heteroatoms. The lowest BCUT2D eigenvalue weighted by atomic mass is 10.1. The van der Waals surface area contributed by atoms with Crippen molar-refractivity contribution in [3.8, 4) is 0 Å². The van der Waals surface area contributed by atoms with Crippen LogP contribution in [-0.4, -0.2) is 47.1 Å². The summed E-state index contributed by atoms with van der Waals surface area (Å²) in [4.78, 5) is 7.10. The standard InChI is InChI=1S/C22H31N5O2S/c1-3-24-22(26-20-12-13-27(16-20)21-10-5-4-6-11-21)25-15-18-8-7-9-19(14-18)17-30(28,29)23-2/h4-11,14,20,23H,3,12-13,15-17H2,1-2H3,(H2,24,25,26). The van der Waals surface area contributed by atoms with Crippen molar-refractivity contribution in [3.63, 3.8) is 0 Å². The number of hydrogen-bond acceptors (Lipinski definition) is 4. The number of para-hydroxylation sites is 1. The Morgan fingerprint density at radius 2 is 1.90 bits per heavy atom. The zero-order valence-electron chi connectivity index (χ0n) is 17.6. The molecule has 1 fully saturated rings. The van der Waals surface area contributed by atoms with E-state index in [9.17, 15) is 8.42 Å². The van der Waals surface area contributed by atoms with Gasteiger partial charge < -0.3 is 15.5 Å². The SMILES string of the molecule is CCNC(=NCc1cccc(CS(=O)(=O)NC)c1)NC1CCN(c2ccccc2)C1. The molecule has 1 unspecified atom stereocenters. The molecule has 0 aliphatic carbocycles. The monoisotopic (exact) mass is 429 g/mol. The van der Waals surface area contributed by atoms with E-state index >= 15 is 0 Å². The number of rotatable bonds is 8. The number of benzene rings is 2. The lowest BCUT2D eigenvalue weighted by Crippen LogP contribution is -2.44. The highest BCUT2D eigenvalue weighted by atomic mass is 32.2. The van der Waals surface area contributed by atoms with E-state index in [1.807, 2.05) is 37.3 Å². The number of nitrogens with one attached hydrogen (secondary N) is 3. The minimum Gasteiger partial charge on any atom is -0.369 e. The average Bonchev–Trinajstić information content (AvgIpc) is 3.21. The molecule has 0 amide bonds. The molecule has 3 N–H and O–H groups in total. The van der Waals surface area contributed by atoms with Gasteiger partial charge in [-0.2, -0.15) is 0 Å². The quantitative estimate of drug-likeness (QED) is 0.442. The highest BCUT2D eigenvalue weighted by Crippen LogP contribution is 2.19. The van der Waals surface area contributed by atoms with Gasteiger partial charge in [-0.05, 0) is 43.7 Å². The third kappa shape index (κ3) is 6.47. The second-order valence-electron chi connectivity index (χ2n) is 7.39. The zero-order chi connectivity index (χ0) is 21.4. The maximum absolute atomic E-state index is 11.8. The van der Waals surface area contributed by atoms with Gasteiger partial charge in [-0.3, -0.25) is 0 Å². The summed E-state index contributed by atoms with van der Waals surface area (Å²) in [5.74, 6) is 0.752. The Kier molecular flexibility index (Phi) is 7.70. The van der Waals surface area contributed by atoms with Gasteiger partial charge in [-0.1, -0.05) is 42.5 Å². The Balaban J connectivity index is 1.61. The molecule has 1 aliphatic heterocycles. The van der Waals surface area contributed by atoms with E-state index in [0.717, 1.165) is 43.1 Å². The molecule has 0 radical (unpaired) electrons. The minimum absolute atomic E-state index is 0.0310. The van der Waals surface area contributed by atoms with Gasteiger partial charge in [0.1, 0.15) is 0 Å². The molecule has 30 heavy (non-hydrogen) atoms. The van der Waals surface area contributed by atoms with Crippen molar-refractivity contribution in [2.45, 2.75) is 31.7 Å². The Morgan fingerprint density at radius 3 is 2.63 bits per heavy atom. The molecule has 0 spiro atoms. The number of anilines is 1. The molecular formula is C22H31N5O2S. The van der Waals surface area contributed by atoms with Crippen LogP contribution >= 0.6 is 0 Å². The second kappa shape index (κ2) is 10.4. The molecule has 0 bridgehead atoms. The second-order valence-corrected chi connectivity index (χ2v) is 9.32. The molecule has 2 aromatic carbocycles. The van der Waals surface area contributed by atoms with Crippen LogP contribution in [0.1, 0.15) is 24.5 Å². The fraction of sp³-hybridized carbons (Fsp3) is 0.409. The van der Waals surface area contributed by atoms with Crippen molar-refractivity contribution in [2.75, 3.05) is 31.6 Å². The van der Waals surface area contributed by atoms with Gasteiger partial charge in [0.2, 0.25) is 10.0 Å². The maximum atomic E-state index is 11.8. The largest absolute Gasteiger partial charge is 0.369 e. The first-order valence-corrected chi connectivity index (χ1v) is 12.0. The van der Waals surface area contributed by atoms with Crippen molar-refractivity contribution in [1.29, 1.82) is 0 Å². The van der Waals surface area contributed by atoms with Crippen LogP contribution in [0.2, 0.25) is 0 Å². The van der Waals surface area contributed by atoms with Crippen LogP contribution in [0.15, 0.2) is 59.6 Å². The summed E-state index contributed by atoms with van der Waals surface area (Å²) in [5, 5.41) is 6.85. The van der Waals surface area contributed by atoms with Crippen LogP contribution in [0.4, 0.5) is 5.69 Å². The van der Waals surface area contributed by atoms with Gasteiger partial charge >= 0.3 is 0 Å². The van der Waals surface area contributed by atoms with Crippen LogP contribution < -0.4 is 20.3 Å². The zero-order valence-corrected chi connectivity index (χ0v) is 18.5. The highest BCUT2D eigenvalue weighted by molar-refractivity contribution is 7.88. The summed E-state index contributed by atoms with van der Waals surface area (Å²) in [6.45, 7) is 5.26. The first-order chi connectivity index (χ1) is 14.5. The van der Waals surface area contributed by atoms with Crippen LogP contribution in [-0.2, 0) is 22.3 Å². The van der Waals surface area contributed by atoms with Crippen LogP contribution in [0.25, 0.3) is 0 Å². The normalized spacial score (nSPS) is 17.2. The minimum atomic E-state index is -3.29. The third-order valence-electron chi connectivity index (χ3n) is 5.07. The first-order valence-electron chi connectivity index (χ1n) is 10.3. The Morgan fingerprint density at radius 1 is 1.13 bits per heavy atom. The molecule has 7 nitrogen and oxygen atoms in total. The van der Waals surface area contributed by atoms with Gasteiger partial charge in [0, 0.05) is 31.4 Å². The topological polar surface area (TPSA) is 85.8 Å². The van der Waals surface area contributed by atoms with Crippen LogP contribution in [0.5, 0.6) is 0 Å².